The molecule has 0 radical (unpaired) electrons. The Kier molecular flexibility index (Phi) is 6.14. The van der Waals surface area contributed by atoms with Crippen molar-refractivity contribution in [3.8, 4) is 11.5 Å². The molecule has 1 fully saturated rings. The molecule has 204 valence electrons. The van der Waals surface area contributed by atoms with E-state index in [1.165, 1.54) is 21.3 Å². The second-order valence-electron chi connectivity index (χ2n) is 10.8. The number of allylic oxidation sites excluding steroid dienone is 1. The van der Waals surface area contributed by atoms with Crippen molar-refractivity contribution in [3.05, 3.63) is 70.5 Å². The lowest BCUT2D eigenvalue weighted by Crippen LogP contribution is -2.60. The number of carbonyl (C=O) groups is 2. The number of ether oxygens (including phenoxy) is 3. The molecule has 2 aliphatic carbocycles. The predicted molar refractivity (Wildman–Crippen MR) is 142 cm³/mol. The fourth-order valence-electron chi connectivity index (χ4n) is 7.20. The standard InChI is InChI=1S/C30H32N2O7/c1-32-11-10-30-15-21(33)22(36-2)14-19(30)20(32)12-17-18(13-23(37-3)27(34)25(17)30)28-24(29(35)38-4)26(31-39-28)16-8-6-5-7-9-16/h5-9,13-14,19-20,24,28,34H,10-12,15H2,1-4H3/t19-,20+,24+,28-,30-/m1/s1. The number of phenols is 1. The third-order valence-electron chi connectivity index (χ3n) is 9.06. The molecule has 9 nitrogen and oxygen atoms in total. The van der Waals surface area contributed by atoms with Gasteiger partial charge in [-0.05, 0) is 44.1 Å². The first-order valence-electron chi connectivity index (χ1n) is 13.1. The van der Waals surface area contributed by atoms with Crippen molar-refractivity contribution in [3.63, 3.8) is 0 Å². The van der Waals surface area contributed by atoms with Crippen LogP contribution in [0, 0.1) is 11.8 Å². The maximum absolute atomic E-state index is 13.2. The Balaban J connectivity index is 1.56. The molecule has 6 rings (SSSR count). The van der Waals surface area contributed by atoms with Crippen LogP contribution in [0.3, 0.4) is 0 Å². The fraction of sp³-hybridized carbons (Fsp3) is 0.433. The monoisotopic (exact) mass is 532 g/mol. The van der Waals surface area contributed by atoms with Gasteiger partial charge in [-0.15, -0.1) is 0 Å². The molecule has 1 saturated heterocycles. The van der Waals surface area contributed by atoms with Gasteiger partial charge in [0.25, 0.3) is 0 Å². The number of hydrogen-bond acceptors (Lipinski definition) is 9. The van der Waals surface area contributed by atoms with Gasteiger partial charge in [0.1, 0.15) is 11.6 Å². The molecule has 5 atom stereocenters. The number of nitrogens with zero attached hydrogens (tertiary/aromatic N) is 2. The van der Waals surface area contributed by atoms with Crippen molar-refractivity contribution in [2.45, 2.75) is 36.8 Å². The second-order valence-corrected chi connectivity index (χ2v) is 10.8. The highest BCUT2D eigenvalue weighted by atomic mass is 16.6. The molecule has 2 aromatic rings. The lowest BCUT2D eigenvalue weighted by Gasteiger charge is -2.57. The van der Waals surface area contributed by atoms with Gasteiger partial charge < -0.3 is 29.1 Å². The first kappa shape index (κ1) is 25.4. The third-order valence-corrected chi connectivity index (χ3v) is 9.06. The third kappa shape index (κ3) is 3.66. The lowest BCUT2D eigenvalue weighted by atomic mass is 9.53. The fourth-order valence-corrected chi connectivity index (χ4v) is 7.20. The van der Waals surface area contributed by atoms with E-state index in [4.69, 9.17) is 19.0 Å². The van der Waals surface area contributed by atoms with Crippen molar-refractivity contribution in [1.82, 2.24) is 4.90 Å². The van der Waals surface area contributed by atoms with Crippen LogP contribution >= 0.6 is 0 Å². The highest BCUT2D eigenvalue weighted by Gasteiger charge is 2.58. The van der Waals surface area contributed by atoms with Crippen LogP contribution in [-0.2, 0) is 35.7 Å². The number of benzene rings is 2. The zero-order chi connectivity index (χ0) is 27.5. The number of Topliss-reactive ketones (excluding diaryl/α,β-unsaturated/α-hetero) is 1. The molecule has 1 N–H and O–H groups in total. The maximum Gasteiger partial charge on any atom is 0.319 e. The van der Waals surface area contributed by atoms with Crippen LogP contribution in [0.4, 0.5) is 0 Å². The maximum atomic E-state index is 13.2. The number of aromatic hydroxyl groups is 1. The average molecular weight is 533 g/mol. The number of likely N-dealkylation sites (tertiary alicyclic amines) is 1. The van der Waals surface area contributed by atoms with E-state index < -0.39 is 23.4 Å². The van der Waals surface area contributed by atoms with Crippen LogP contribution in [0.1, 0.15) is 41.2 Å². The first-order valence-corrected chi connectivity index (χ1v) is 13.1. The number of fused-ring (bicyclic) bond motifs is 1. The van der Waals surface area contributed by atoms with Crippen molar-refractivity contribution in [1.29, 1.82) is 0 Å². The van der Waals surface area contributed by atoms with E-state index in [-0.39, 0.29) is 35.7 Å². The minimum atomic E-state index is -0.823. The number of methoxy groups -OCH3 is 3. The van der Waals surface area contributed by atoms with Gasteiger partial charge in [-0.3, -0.25) is 9.59 Å². The highest BCUT2D eigenvalue weighted by Crippen LogP contribution is 2.59. The van der Waals surface area contributed by atoms with E-state index in [2.05, 4.69) is 17.1 Å². The van der Waals surface area contributed by atoms with Crippen LogP contribution in [0.2, 0.25) is 0 Å². The Morgan fingerprint density at radius 2 is 1.95 bits per heavy atom. The predicted octanol–water partition coefficient (Wildman–Crippen LogP) is 3.28. The van der Waals surface area contributed by atoms with Crippen LogP contribution in [0.5, 0.6) is 11.5 Å². The van der Waals surface area contributed by atoms with E-state index >= 15 is 0 Å². The Bertz CT molecular complexity index is 1400. The number of likely N-dealkylation sites (N-methyl/N-ethyl adjacent to an activating group) is 1. The molecule has 0 saturated carbocycles. The minimum absolute atomic E-state index is 0.0307. The largest absolute Gasteiger partial charge is 0.504 e. The van der Waals surface area contributed by atoms with Crippen LogP contribution in [-0.4, -0.2) is 68.4 Å². The van der Waals surface area contributed by atoms with Gasteiger partial charge in [-0.1, -0.05) is 35.5 Å². The van der Waals surface area contributed by atoms with Gasteiger partial charge in [0.15, 0.2) is 29.1 Å². The van der Waals surface area contributed by atoms with Crippen molar-refractivity contribution in [2.24, 2.45) is 17.0 Å². The van der Waals surface area contributed by atoms with Gasteiger partial charge >= 0.3 is 5.97 Å². The summed E-state index contributed by atoms with van der Waals surface area (Å²) in [7, 11) is 6.45. The van der Waals surface area contributed by atoms with Crippen LogP contribution in [0.15, 0.2) is 53.4 Å². The summed E-state index contributed by atoms with van der Waals surface area (Å²) in [4.78, 5) is 34.8. The van der Waals surface area contributed by atoms with Gasteiger partial charge in [0.2, 0.25) is 0 Å². The summed E-state index contributed by atoms with van der Waals surface area (Å²) in [5.74, 6) is -0.756. The molecule has 2 heterocycles. The Hall–Kier alpha value is -3.85. The van der Waals surface area contributed by atoms with Crippen molar-refractivity contribution < 1.29 is 33.7 Å². The molecule has 4 aliphatic rings. The summed E-state index contributed by atoms with van der Waals surface area (Å²) in [5, 5.41) is 16.0. The van der Waals surface area contributed by atoms with E-state index in [0.29, 0.717) is 35.4 Å². The Morgan fingerprint density at radius 3 is 2.64 bits per heavy atom. The molecule has 0 spiro atoms. The topological polar surface area (TPSA) is 107 Å². The minimum Gasteiger partial charge on any atom is -0.504 e. The quantitative estimate of drug-likeness (QED) is 0.585. The summed E-state index contributed by atoms with van der Waals surface area (Å²) in [6.07, 6.45) is 2.62. The number of carbonyl (C=O) groups excluding carboxylic acids is 2. The smallest absolute Gasteiger partial charge is 0.319 e. The zero-order valence-electron chi connectivity index (χ0n) is 22.5. The number of esters is 1. The lowest BCUT2D eigenvalue weighted by molar-refractivity contribution is -0.146. The summed E-state index contributed by atoms with van der Waals surface area (Å²) in [6, 6.07) is 11.2. The van der Waals surface area contributed by atoms with E-state index in [0.717, 1.165) is 17.7 Å². The molecule has 0 unspecified atom stereocenters. The second kappa shape index (κ2) is 9.41. The van der Waals surface area contributed by atoms with Crippen molar-refractivity contribution in [2.75, 3.05) is 34.9 Å². The number of hydrogen-bond donors (Lipinski definition) is 1. The van der Waals surface area contributed by atoms with Gasteiger partial charge in [0.05, 0.1) is 21.3 Å². The molecule has 2 aliphatic heterocycles. The molecule has 0 amide bonds. The summed E-state index contributed by atoms with van der Waals surface area (Å²) in [6.45, 7) is 0.780. The SMILES string of the molecule is COC(=O)[C@H]1C(c2ccccc2)=NO[C@@H]1c1cc(OC)c(O)c2c1C[C@H]1[C@H]3C=C(OC)C(=O)C[C@@]23CCN1C. The molecular formula is C30H32N2O7. The van der Waals surface area contributed by atoms with Crippen molar-refractivity contribution >= 4 is 17.5 Å². The number of rotatable bonds is 5. The molecule has 39 heavy (non-hydrogen) atoms. The molecule has 2 bridgehead atoms. The number of ketones is 1. The van der Waals surface area contributed by atoms with Gasteiger partial charge in [-0.25, -0.2) is 0 Å². The number of phenolic OH excluding ortho intramolecular Hbond substituents is 1. The molecule has 2 aromatic carbocycles. The summed E-state index contributed by atoms with van der Waals surface area (Å²) >= 11 is 0. The zero-order valence-corrected chi connectivity index (χ0v) is 22.5. The first-order chi connectivity index (χ1) is 18.8. The number of oxime groups is 1. The normalized spacial score (nSPS) is 29.4. The van der Waals surface area contributed by atoms with Gasteiger partial charge in [-0.2, -0.15) is 0 Å². The van der Waals surface area contributed by atoms with E-state index in [1.807, 2.05) is 36.4 Å². The summed E-state index contributed by atoms with van der Waals surface area (Å²) < 4.78 is 16.3. The summed E-state index contributed by atoms with van der Waals surface area (Å²) in [5.41, 5.74) is 2.88. The van der Waals surface area contributed by atoms with Crippen LogP contribution in [0.25, 0.3) is 0 Å². The average Bonchev–Trinajstić information content (AvgIpc) is 3.39. The Morgan fingerprint density at radius 1 is 1.18 bits per heavy atom. The molecule has 0 aromatic heterocycles. The van der Waals surface area contributed by atoms with Crippen LogP contribution < -0.4 is 4.74 Å². The number of piperidine rings is 1. The Labute approximate surface area is 227 Å². The van der Waals surface area contributed by atoms with E-state index in [9.17, 15) is 14.7 Å². The highest BCUT2D eigenvalue weighted by molar-refractivity contribution is 6.13. The molecule has 9 heteroatoms. The van der Waals surface area contributed by atoms with E-state index in [1.54, 1.807) is 6.07 Å². The van der Waals surface area contributed by atoms with Gasteiger partial charge in [0, 0.05) is 40.5 Å². The molecular weight excluding hydrogens is 500 g/mol.